The second-order valence-electron chi connectivity index (χ2n) is 7.59. The summed E-state index contributed by atoms with van der Waals surface area (Å²) in [5.41, 5.74) is 0.553. The van der Waals surface area contributed by atoms with Gasteiger partial charge in [0.25, 0.3) is 0 Å². The lowest BCUT2D eigenvalue weighted by molar-refractivity contribution is -0.133. The molecule has 0 bridgehead atoms. The molecule has 0 aromatic heterocycles. The summed E-state index contributed by atoms with van der Waals surface area (Å²) < 4.78 is 41.3. The molecule has 2 fully saturated rings. The van der Waals surface area contributed by atoms with Gasteiger partial charge >= 0.3 is 0 Å². The van der Waals surface area contributed by atoms with Crippen molar-refractivity contribution in [3.05, 3.63) is 64.4 Å². The van der Waals surface area contributed by atoms with E-state index in [-0.39, 0.29) is 17.3 Å². The summed E-state index contributed by atoms with van der Waals surface area (Å²) in [7, 11) is -3.70. The van der Waals surface area contributed by atoms with Crippen molar-refractivity contribution in [3.63, 3.8) is 0 Å². The van der Waals surface area contributed by atoms with Gasteiger partial charge in [-0.3, -0.25) is 4.79 Å². The molecule has 2 aliphatic rings. The summed E-state index contributed by atoms with van der Waals surface area (Å²) in [5, 5.41) is 0. The van der Waals surface area contributed by atoms with Crippen LogP contribution in [0.15, 0.2) is 57.9 Å². The minimum atomic E-state index is -3.70. The topological polar surface area (TPSA) is 57.7 Å². The minimum absolute atomic E-state index is 0.0761. The zero-order valence-corrected chi connectivity index (χ0v) is 18.3. The fourth-order valence-corrected chi connectivity index (χ4v) is 5.65. The van der Waals surface area contributed by atoms with E-state index in [1.54, 1.807) is 4.90 Å². The number of carbonyl (C=O) groups is 1. The van der Waals surface area contributed by atoms with Gasteiger partial charge in [-0.25, -0.2) is 12.8 Å². The Hall–Kier alpha value is -1.77. The third-order valence-electron chi connectivity index (χ3n) is 5.75. The summed E-state index contributed by atoms with van der Waals surface area (Å²) in [6, 6.07) is 12.7. The first-order chi connectivity index (χ1) is 13.8. The van der Waals surface area contributed by atoms with Crippen LogP contribution in [0.25, 0.3) is 0 Å². The van der Waals surface area contributed by atoms with Gasteiger partial charge in [-0.05, 0) is 61.2 Å². The lowest BCUT2D eigenvalue weighted by atomic mass is 9.94. The maximum atomic E-state index is 13.3. The van der Waals surface area contributed by atoms with Gasteiger partial charge in [0.15, 0.2) is 0 Å². The van der Waals surface area contributed by atoms with E-state index in [4.69, 9.17) is 0 Å². The summed E-state index contributed by atoms with van der Waals surface area (Å²) in [5.74, 6) is -0.389. The fraction of sp³-hybridized carbons (Fsp3) is 0.381. The van der Waals surface area contributed by atoms with E-state index < -0.39 is 21.3 Å². The van der Waals surface area contributed by atoms with E-state index in [0.717, 1.165) is 35.0 Å². The van der Waals surface area contributed by atoms with Gasteiger partial charge < -0.3 is 4.90 Å². The van der Waals surface area contributed by atoms with Gasteiger partial charge in [-0.2, -0.15) is 4.31 Å². The molecule has 154 valence electrons. The number of amides is 1. The molecule has 1 aliphatic heterocycles. The number of hydrogen-bond acceptors (Lipinski definition) is 3. The van der Waals surface area contributed by atoms with Crippen molar-refractivity contribution >= 4 is 31.9 Å². The molecule has 2 aromatic carbocycles. The number of hydrogen-bond donors (Lipinski definition) is 0. The number of sulfonamides is 1. The molecule has 2 aromatic rings. The van der Waals surface area contributed by atoms with Crippen LogP contribution in [0.5, 0.6) is 0 Å². The fourth-order valence-electron chi connectivity index (χ4n) is 3.92. The monoisotopic (exact) mass is 480 g/mol. The summed E-state index contributed by atoms with van der Waals surface area (Å²) in [6.07, 6.45) is 2.21. The van der Waals surface area contributed by atoms with Crippen LogP contribution in [0.2, 0.25) is 0 Å². The second-order valence-corrected chi connectivity index (χ2v) is 10.4. The largest absolute Gasteiger partial charge is 0.341 e. The van der Waals surface area contributed by atoms with Crippen molar-refractivity contribution in [3.8, 4) is 0 Å². The maximum absolute atomic E-state index is 13.3. The predicted molar refractivity (Wildman–Crippen MR) is 111 cm³/mol. The summed E-state index contributed by atoms with van der Waals surface area (Å²) in [4.78, 5) is 15.2. The summed E-state index contributed by atoms with van der Waals surface area (Å²) >= 11 is 3.43. The van der Waals surface area contributed by atoms with E-state index in [1.165, 1.54) is 16.4 Å². The van der Waals surface area contributed by atoms with Crippen molar-refractivity contribution in [2.24, 2.45) is 0 Å². The molecule has 1 heterocycles. The van der Waals surface area contributed by atoms with Crippen LogP contribution < -0.4 is 0 Å². The van der Waals surface area contributed by atoms with Gasteiger partial charge in [0.1, 0.15) is 5.82 Å². The van der Waals surface area contributed by atoms with Gasteiger partial charge in [0.05, 0.1) is 10.3 Å². The number of halogens is 2. The van der Waals surface area contributed by atoms with Crippen LogP contribution in [-0.2, 0) is 20.2 Å². The average molecular weight is 481 g/mol. The Morgan fingerprint density at radius 2 is 1.59 bits per heavy atom. The Morgan fingerprint density at radius 1 is 0.931 bits per heavy atom. The van der Waals surface area contributed by atoms with Gasteiger partial charge in [-0.1, -0.05) is 28.1 Å². The highest BCUT2D eigenvalue weighted by molar-refractivity contribution is 9.10. The third kappa shape index (κ3) is 3.98. The first-order valence-corrected chi connectivity index (χ1v) is 11.9. The third-order valence-corrected chi connectivity index (χ3v) is 8.19. The normalized spacial score (nSPS) is 19.6. The molecule has 1 amide bonds. The molecule has 1 saturated heterocycles. The molecule has 1 saturated carbocycles. The Labute approximate surface area is 178 Å². The van der Waals surface area contributed by atoms with Crippen molar-refractivity contribution in [2.45, 2.75) is 29.6 Å². The van der Waals surface area contributed by atoms with E-state index in [0.29, 0.717) is 26.1 Å². The average Bonchev–Trinajstić information content (AvgIpc) is 3.53. The van der Waals surface area contributed by atoms with E-state index in [9.17, 15) is 17.6 Å². The lowest BCUT2D eigenvalue weighted by Gasteiger charge is -2.26. The van der Waals surface area contributed by atoms with Crippen LogP contribution >= 0.6 is 15.9 Å². The summed E-state index contributed by atoms with van der Waals surface area (Å²) in [6.45, 7) is 1.47. The number of nitrogens with zero attached hydrogens (tertiary/aromatic N) is 2. The van der Waals surface area contributed by atoms with Gasteiger partial charge in [0.2, 0.25) is 15.9 Å². The molecule has 0 spiro atoms. The molecular formula is C21H22BrFN2O3S. The number of carbonyl (C=O) groups excluding carboxylic acids is 1. The molecule has 0 radical (unpaired) electrons. The molecular weight excluding hydrogens is 459 g/mol. The van der Waals surface area contributed by atoms with Gasteiger partial charge in [-0.15, -0.1) is 0 Å². The minimum Gasteiger partial charge on any atom is -0.341 e. The maximum Gasteiger partial charge on any atom is 0.243 e. The van der Waals surface area contributed by atoms with Crippen LogP contribution in [0.4, 0.5) is 4.39 Å². The second kappa shape index (κ2) is 7.81. The predicted octanol–water partition coefficient (Wildman–Crippen LogP) is 3.54. The highest BCUT2D eigenvalue weighted by Gasteiger charge is 2.53. The molecule has 4 rings (SSSR count). The Balaban J connectivity index is 1.48. The quantitative estimate of drug-likeness (QED) is 0.672. The first kappa shape index (κ1) is 20.5. The van der Waals surface area contributed by atoms with Gasteiger partial charge in [0, 0.05) is 30.7 Å². The van der Waals surface area contributed by atoms with Crippen molar-refractivity contribution in [1.82, 2.24) is 9.21 Å². The van der Waals surface area contributed by atoms with Crippen LogP contribution in [-0.4, -0.2) is 49.7 Å². The Kier molecular flexibility index (Phi) is 5.52. The number of benzene rings is 2. The molecule has 0 N–H and O–H groups in total. The van der Waals surface area contributed by atoms with E-state index in [2.05, 4.69) is 15.9 Å². The molecule has 0 atom stereocenters. The Morgan fingerprint density at radius 3 is 2.21 bits per heavy atom. The van der Waals surface area contributed by atoms with Crippen LogP contribution in [0.1, 0.15) is 24.8 Å². The van der Waals surface area contributed by atoms with Crippen molar-refractivity contribution in [1.29, 1.82) is 0 Å². The standard InChI is InChI=1S/C21H22BrFN2O3S/c22-17-4-2-16(3-5-17)21(10-11-21)20(26)24-12-1-13-25(15-14-24)29(27,28)19-8-6-18(23)7-9-19/h2-9H,1,10-15H2. The molecule has 1 aliphatic carbocycles. The zero-order chi connectivity index (χ0) is 20.6. The molecule has 29 heavy (non-hydrogen) atoms. The van der Waals surface area contributed by atoms with Crippen molar-refractivity contribution < 1.29 is 17.6 Å². The lowest BCUT2D eigenvalue weighted by Crippen LogP contribution is -2.42. The van der Waals surface area contributed by atoms with Crippen LogP contribution in [0.3, 0.4) is 0 Å². The highest BCUT2D eigenvalue weighted by atomic mass is 79.9. The molecule has 8 heteroatoms. The van der Waals surface area contributed by atoms with Crippen LogP contribution in [0, 0.1) is 5.82 Å². The highest BCUT2D eigenvalue weighted by Crippen LogP contribution is 2.50. The molecule has 5 nitrogen and oxygen atoms in total. The molecule has 0 unspecified atom stereocenters. The zero-order valence-electron chi connectivity index (χ0n) is 15.9. The SMILES string of the molecule is O=C(N1CCCN(S(=O)(=O)c2ccc(F)cc2)CC1)C1(c2ccc(Br)cc2)CC1. The smallest absolute Gasteiger partial charge is 0.243 e. The first-order valence-electron chi connectivity index (χ1n) is 9.64. The van der Waals surface area contributed by atoms with E-state index in [1.807, 2.05) is 24.3 Å². The Bertz CT molecular complexity index is 1010. The van der Waals surface area contributed by atoms with Crippen molar-refractivity contribution in [2.75, 3.05) is 26.2 Å². The van der Waals surface area contributed by atoms with E-state index >= 15 is 0 Å². The number of rotatable bonds is 4.